The van der Waals surface area contributed by atoms with Crippen molar-refractivity contribution in [3.05, 3.63) is 48.7 Å². The highest BCUT2D eigenvalue weighted by molar-refractivity contribution is 7.89. The molecule has 178 valence electrons. The molecule has 0 aliphatic carbocycles. The van der Waals surface area contributed by atoms with Gasteiger partial charge in [0.25, 0.3) is 5.91 Å². The molecular weight excluding hydrogens is 452 g/mol. The van der Waals surface area contributed by atoms with Crippen molar-refractivity contribution in [1.29, 1.82) is 0 Å². The number of hydroxylamine groups is 1. The van der Waals surface area contributed by atoms with E-state index >= 15 is 0 Å². The Bertz CT molecular complexity index is 1090. The Hall–Kier alpha value is -3.22. The van der Waals surface area contributed by atoms with Crippen molar-refractivity contribution in [1.82, 2.24) is 19.7 Å². The minimum atomic E-state index is -4.13. The second kappa shape index (κ2) is 9.73. The van der Waals surface area contributed by atoms with E-state index in [0.717, 1.165) is 4.31 Å². The SMILES string of the molecule is CC(C)(C)OC(=O)N1CCN(S(=O)(=O)c2ccc(Oc3ccccn3)cc2)[C@@H](C(=O)NO)C1. The van der Waals surface area contributed by atoms with E-state index in [1.807, 2.05) is 0 Å². The van der Waals surface area contributed by atoms with Gasteiger partial charge in [-0.05, 0) is 51.1 Å². The fourth-order valence-corrected chi connectivity index (χ4v) is 4.75. The highest BCUT2D eigenvalue weighted by Gasteiger charge is 2.42. The zero-order valence-corrected chi connectivity index (χ0v) is 19.3. The second-order valence-corrected chi connectivity index (χ2v) is 10.2. The molecule has 1 saturated heterocycles. The zero-order chi connectivity index (χ0) is 24.2. The summed E-state index contributed by atoms with van der Waals surface area (Å²) >= 11 is 0. The lowest BCUT2D eigenvalue weighted by Crippen LogP contribution is -2.61. The van der Waals surface area contributed by atoms with E-state index in [1.54, 1.807) is 45.2 Å². The molecule has 0 unspecified atom stereocenters. The Kier molecular flexibility index (Phi) is 7.20. The van der Waals surface area contributed by atoms with Crippen LogP contribution < -0.4 is 10.2 Å². The highest BCUT2D eigenvalue weighted by atomic mass is 32.2. The molecule has 1 aliphatic heterocycles. The van der Waals surface area contributed by atoms with Crippen LogP contribution in [0, 0.1) is 0 Å². The molecule has 2 heterocycles. The summed E-state index contributed by atoms with van der Waals surface area (Å²) in [4.78, 5) is 29.9. The van der Waals surface area contributed by atoms with Crippen molar-refractivity contribution in [3.63, 3.8) is 0 Å². The van der Waals surface area contributed by atoms with E-state index in [4.69, 9.17) is 14.7 Å². The van der Waals surface area contributed by atoms with Crippen molar-refractivity contribution >= 4 is 22.0 Å². The molecule has 33 heavy (non-hydrogen) atoms. The number of pyridine rings is 1. The number of rotatable bonds is 5. The Morgan fingerprint density at radius 2 is 1.82 bits per heavy atom. The van der Waals surface area contributed by atoms with Crippen LogP contribution in [0.15, 0.2) is 53.6 Å². The number of piperazine rings is 1. The van der Waals surface area contributed by atoms with Gasteiger partial charge in [-0.15, -0.1) is 0 Å². The first-order valence-electron chi connectivity index (χ1n) is 10.1. The lowest BCUT2D eigenvalue weighted by molar-refractivity contribution is -0.134. The van der Waals surface area contributed by atoms with Gasteiger partial charge in [-0.3, -0.25) is 10.0 Å². The van der Waals surface area contributed by atoms with Crippen molar-refractivity contribution in [2.45, 2.75) is 37.3 Å². The van der Waals surface area contributed by atoms with Crippen LogP contribution in [0.25, 0.3) is 0 Å². The number of amides is 2. The molecule has 0 radical (unpaired) electrons. The molecule has 1 atom stereocenters. The number of nitrogens with zero attached hydrogens (tertiary/aromatic N) is 3. The normalized spacial score (nSPS) is 17.3. The van der Waals surface area contributed by atoms with E-state index in [-0.39, 0.29) is 24.5 Å². The summed E-state index contributed by atoms with van der Waals surface area (Å²) in [6.45, 7) is 4.68. The van der Waals surface area contributed by atoms with Crippen molar-refractivity contribution in [2.24, 2.45) is 0 Å². The van der Waals surface area contributed by atoms with E-state index in [2.05, 4.69) is 4.98 Å². The lowest BCUT2D eigenvalue weighted by atomic mass is 10.2. The van der Waals surface area contributed by atoms with Gasteiger partial charge in [0, 0.05) is 31.9 Å². The van der Waals surface area contributed by atoms with Crippen molar-refractivity contribution in [3.8, 4) is 11.6 Å². The van der Waals surface area contributed by atoms with E-state index in [0.29, 0.717) is 11.6 Å². The molecule has 2 amide bonds. The maximum Gasteiger partial charge on any atom is 0.410 e. The van der Waals surface area contributed by atoms with Gasteiger partial charge in [-0.25, -0.2) is 23.7 Å². The number of benzene rings is 1. The fourth-order valence-electron chi connectivity index (χ4n) is 3.18. The molecule has 1 fully saturated rings. The van der Waals surface area contributed by atoms with E-state index in [1.165, 1.54) is 34.6 Å². The number of carbonyl (C=O) groups is 2. The quantitative estimate of drug-likeness (QED) is 0.491. The minimum absolute atomic E-state index is 0.0181. The Morgan fingerprint density at radius 1 is 1.12 bits per heavy atom. The topological polar surface area (TPSA) is 138 Å². The molecule has 0 bridgehead atoms. The molecule has 1 aromatic heterocycles. The van der Waals surface area contributed by atoms with Crippen LogP contribution in [0.4, 0.5) is 4.79 Å². The Morgan fingerprint density at radius 3 is 2.39 bits per heavy atom. The van der Waals surface area contributed by atoms with Crippen LogP contribution in [0.3, 0.4) is 0 Å². The summed E-state index contributed by atoms with van der Waals surface area (Å²) in [5.74, 6) is -0.222. The fraction of sp³-hybridized carbons (Fsp3) is 0.381. The molecule has 12 heteroatoms. The number of sulfonamides is 1. The standard InChI is InChI=1S/C21H26N4O7S/c1-21(2,3)32-20(27)24-12-13-25(17(14-24)19(26)23-28)33(29,30)16-9-7-15(8-10-16)31-18-6-4-5-11-22-18/h4-11,17,28H,12-14H2,1-3H3,(H,23,26)/t17-/m1/s1. The minimum Gasteiger partial charge on any atom is -0.444 e. The predicted octanol–water partition coefficient (Wildman–Crippen LogP) is 1.99. The third kappa shape index (κ3) is 5.97. The number of ether oxygens (including phenoxy) is 2. The summed E-state index contributed by atoms with van der Waals surface area (Å²) < 4.78 is 38.4. The third-order valence-corrected chi connectivity index (χ3v) is 6.61. The van der Waals surface area contributed by atoms with E-state index < -0.39 is 33.7 Å². The Labute approximate surface area is 191 Å². The molecule has 0 spiro atoms. The van der Waals surface area contributed by atoms with Crippen LogP contribution in [-0.4, -0.2) is 71.1 Å². The van der Waals surface area contributed by atoms with Gasteiger partial charge >= 0.3 is 6.09 Å². The van der Waals surface area contributed by atoms with Gasteiger partial charge in [-0.2, -0.15) is 4.31 Å². The van der Waals surface area contributed by atoms with Crippen LogP contribution in [0.2, 0.25) is 0 Å². The summed E-state index contributed by atoms with van der Waals surface area (Å²) in [7, 11) is -4.13. The first-order chi connectivity index (χ1) is 15.5. The average molecular weight is 479 g/mol. The molecule has 1 aliphatic rings. The number of hydrogen-bond donors (Lipinski definition) is 2. The highest BCUT2D eigenvalue weighted by Crippen LogP contribution is 2.26. The molecule has 2 aromatic rings. The maximum absolute atomic E-state index is 13.3. The number of aromatic nitrogens is 1. The number of hydrogen-bond acceptors (Lipinski definition) is 8. The molecule has 11 nitrogen and oxygen atoms in total. The summed E-state index contributed by atoms with van der Waals surface area (Å²) in [5.41, 5.74) is 0.726. The van der Waals surface area contributed by atoms with Crippen molar-refractivity contribution in [2.75, 3.05) is 19.6 Å². The lowest BCUT2D eigenvalue weighted by Gasteiger charge is -2.39. The monoisotopic (exact) mass is 478 g/mol. The molecule has 0 saturated carbocycles. The zero-order valence-electron chi connectivity index (χ0n) is 18.5. The van der Waals surface area contributed by atoms with Gasteiger partial charge < -0.3 is 14.4 Å². The molecule has 3 rings (SSSR count). The van der Waals surface area contributed by atoms with Gasteiger partial charge in [0.2, 0.25) is 15.9 Å². The molecular formula is C21H26N4O7S. The molecule has 1 aromatic carbocycles. The molecule has 2 N–H and O–H groups in total. The average Bonchev–Trinajstić information content (AvgIpc) is 2.78. The van der Waals surface area contributed by atoms with Crippen LogP contribution in [0.5, 0.6) is 11.6 Å². The largest absolute Gasteiger partial charge is 0.444 e. The van der Waals surface area contributed by atoms with E-state index in [9.17, 15) is 18.0 Å². The maximum atomic E-state index is 13.3. The first kappa shape index (κ1) is 24.4. The predicted molar refractivity (Wildman–Crippen MR) is 116 cm³/mol. The van der Waals surface area contributed by atoms with Crippen LogP contribution >= 0.6 is 0 Å². The van der Waals surface area contributed by atoms with Crippen molar-refractivity contribution < 1.29 is 32.7 Å². The van der Waals surface area contributed by atoms with Gasteiger partial charge in [0.1, 0.15) is 17.4 Å². The van der Waals surface area contributed by atoms with Gasteiger partial charge in [0.15, 0.2) is 0 Å². The van der Waals surface area contributed by atoms with Gasteiger partial charge in [-0.1, -0.05) is 6.07 Å². The van der Waals surface area contributed by atoms with Crippen LogP contribution in [0.1, 0.15) is 20.8 Å². The smallest absolute Gasteiger partial charge is 0.410 e. The Balaban J connectivity index is 1.79. The number of nitrogens with one attached hydrogen (secondary N) is 1. The van der Waals surface area contributed by atoms with Gasteiger partial charge in [0.05, 0.1) is 4.90 Å². The number of carbonyl (C=O) groups excluding carboxylic acids is 2. The van der Waals surface area contributed by atoms with Crippen LogP contribution in [-0.2, 0) is 19.6 Å². The third-order valence-electron chi connectivity index (χ3n) is 4.69. The summed E-state index contributed by atoms with van der Waals surface area (Å²) in [6, 6.07) is 9.45. The second-order valence-electron chi connectivity index (χ2n) is 8.28. The summed E-state index contributed by atoms with van der Waals surface area (Å²) in [5, 5.41) is 9.15. The first-order valence-corrected chi connectivity index (χ1v) is 11.6. The summed E-state index contributed by atoms with van der Waals surface area (Å²) in [6.07, 6.45) is 0.892.